The molecule has 0 aromatic heterocycles. The molecule has 0 N–H and O–H groups in total. The van der Waals surface area contributed by atoms with Crippen molar-refractivity contribution in [2.24, 2.45) is 5.92 Å². The minimum Gasteiger partial charge on any atom is -0.461 e. The maximum Gasteiger partial charge on any atom is 0.310 e. The number of ether oxygens (including phenoxy) is 1. The molecule has 0 fully saturated rings. The maximum absolute atomic E-state index is 11.8. The highest BCUT2D eigenvalue weighted by Gasteiger charge is 2.06. The SMILES string of the molecule is CC(C)Cc1ccc(CC(=O)OCc2ccccc2)cc1. The molecule has 0 radical (unpaired) electrons. The second-order valence-electron chi connectivity index (χ2n) is 5.74. The van der Waals surface area contributed by atoms with Crippen molar-refractivity contribution >= 4 is 5.97 Å². The number of rotatable bonds is 6. The normalized spacial score (nSPS) is 10.6. The van der Waals surface area contributed by atoms with E-state index in [-0.39, 0.29) is 5.97 Å². The van der Waals surface area contributed by atoms with Crippen molar-refractivity contribution in [2.75, 3.05) is 0 Å². The Labute approximate surface area is 126 Å². The number of carbonyl (C=O) groups excluding carboxylic acids is 1. The van der Waals surface area contributed by atoms with E-state index in [1.165, 1.54) is 5.56 Å². The number of benzene rings is 2. The van der Waals surface area contributed by atoms with Crippen LogP contribution in [0.5, 0.6) is 0 Å². The molecule has 0 aliphatic rings. The van der Waals surface area contributed by atoms with Gasteiger partial charge in [-0.2, -0.15) is 0 Å². The van der Waals surface area contributed by atoms with Gasteiger partial charge in [0.05, 0.1) is 6.42 Å². The average molecular weight is 282 g/mol. The van der Waals surface area contributed by atoms with Crippen molar-refractivity contribution in [1.29, 1.82) is 0 Å². The summed E-state index contributed by atoms with van der Waals surface area (Å²) in [7, 11) is 0. The molecule has 110 valence electrons. The Morgan fingerprint density at radius 2 is 1.52 bits per heavy atom. The third-order valence-electron chi connectivity index (χ3n) is 3.26. The van der Waals surface area contributed by atoms with Crippen LogP contribution < -0.4 is 0 Å². The lowest BCUT2D eigenvalue weighted by Crippen LogP contribution is -2.08. The minimum atomic E-state index is -0.185. The van der Waals surface area contributed by atoms with Crippen molar-refractivity contribution in [3.63, 3.8) is 0 Å². The fourth-order valence-electron chi connectivity index (χ4n) is 2.22. The number of esters is 1. The number of hydrogen-bond acceptors (Lipinski definition) is 2. The second-order valence-corrected chi connectivity index (χ2v) is 5.74. The molecule has 2 heteroatoms. The molecule has 2 nitrogen and oxygen atoms in total. The van der Waals surface area contributed by atoms with E-state index < -0.39 is 0 Å². The first-order valence-electron chi connectivity index (χ1n) is 7.41. The van der Waals surface area contributed by atoms with Gasteiger partial charge in [-0.3, -0.25) is 4.79 Å². The van der Waals surface area contributed by atoms with Crippen LogP contribution in [0.25, 0.3) is 0 Å². The highest BCUT2D eigenvalue weighted by atomic mass is 16.5. The van der Waals surface area contributed by atoms with Crippen LogP contribution in [0.3, 0.4) is 0 Å². The van der Waals surface area contributed by atoms with E-state index in [1.54, 1.807) is 0 Å². The largest absolute Gasteiger partial charge is 0.461 e. The molecular formula is C19H22O2. The third kappa shape index (κ3) is 5.42. The van der Waals surface area contributed by atoms with E-state index >= 15 is 0 Å². The zero-order valence-electron chi connectivity index (χ0n) is 12.7. The Morgan fingerprint density at radius 3 is 2.14 bits per heavy atom. The molecule has 0 bridgehead atoms. The summed E-state index contributed by atoms with van der Waals surface area (Å²) in [6.45, 7) is 4.74. The Morgan fingerprint density at radius 1 is 0.905 bits per heavy atom. The van der Waals surface area contributed by atoms with Crippen LogP contribution in [-0.2, 0) is 29.0 Å². The van der Waals surface area contributed by atoms with Crippen LogP contribution in [0, 0.1) is 5.92 Å². The highest BCUT2D eigenvalue weighted by molar-refractivity contribution is 5.72. The molecule has 0 amide bonds. The quantitative estimate of drug-likeness (QED) is 0.743. The summed E-state index contributed by atoms with van der Waals surface area (Å²) >= 11 is 0. The van der Waals surface area contributed by atoms with E-state index in [4.69, 9.17) is 4.74 Å². The zero-order chi connectivity index (χ0) is 15.1. The Balaban J connectivity index is 1.82. The average Bonchev–Trinajstić information content (AvgIpc) is 2.48. The fraction of sp³-hybridized carbons (Fsp3) is 0.316. The molecular weight excluding hydrogens is 260 g/mol. The Kier molecular flexibility index (Phi) is 5.56. The van der Waals surface area contributed by atoms with Gasteiger partial charge >= 0.3 is 5.97 Å². The van der Waals surface area contributed by atoms with Crippen LogP contribution in [0.4, 0.5) is 0 Å². The molecule has 21 heavy (non-hydrogen) atoms. The lowest BCUT2D eigenvalue weighted by Gasteiger charge is -2.07. The molecule has 0 saturated heterocycles. The summed E-state index contributed by atoms with van der Waals surface area (Å²) in [5.41, 5.74) is 3.32. The van der Waals surface area contributed by atoms with Crippen LogP contribution >= 0.6 is 0 Å². The topological polar surface area (TPSA) is 26.3 Å². The summed E-state index contributed by atoms with van der Waals surface area (Å²) in [5, 5.41) is 0. The van der Waals surface area contributed by atoms with E-state index in [2.05, 4.69) is 26.0 Å². The minimum absolute atomic E-state index is 0.185. The van der Waals surface area contributed by atoms with Gasteiger partial charge in [-0.15, -0.1) is 0 Å². The number of hydrogen-bond donors (Lipinski definition) is 0. The number of carbonyl (C=O) groups is 1. The van der Waals surface area contributed by atoms with Crippen molar-refractivity contribution in [2.45, 2.75) is 33.3 Å². The first-order chi connectivity index (χ1) is 10.1. The molecule has 0 spiro atoms. The predicted octanol–water partition coefficient (Wildman–Crippen LogP) is 4.17. The van der Waals surface area contributed by atoms with Crippen molar-refractivity contribution in [3.05, 3.63) is 71.3 Å². The summed E-state index contributed by atoms with van der Waals surface area (Å²) < 4.78 is 5.29. The van der Waals surface area contributed by atoms with Crippen LogP contribution in [0.2, 0.25) is 0 Å². The second kappa shape index (κ2) is 7.63. The van der Waals surface area contributed by atoms with Crippen LogP contribution in [-0.4, -0.2) is 5.97 Å². The highest BCUT2D eigenvalue weighted by Crippen LogP contribution is 2.11. The monoisotopic (exact) mass is 282 g/mol. The van der Waals surface area contributed by atoms with Gasteiger partial charge < -0.3 is 4.74 Å². The van der Waals surface area contributed by atoms with Gasteiger partial charge in [-0.1, -0.05) is 68.4 Å². The first-order valence-corrected chi connectivity index (χ1v) is 7.41. The zero-order valence-corrected chi connectivity index (χ0v) is 12.7. The molecule has 2 aromatic rings. The van der Waals surface area contributed by atoms with Crippen molar-refractivity contribution in [3.8, 4) is 0 Å². The molecule has 2 aromatic carbocycles. The first kappa shape index (κ1) is 15.3. The van der Waals surface area contributed by atoms with E-state index in [1.807, 2.05) is 42.5 Å². The molecule has 0 unspecified atom stereocenters. The molecule has 2 rings (SSSR count). The van der Waals surface area contributed by atoms with Crippen molar-refractivity contribution in [1.82, 2.24) is 0 Å². The summed E-state index contributed by atoms with van der Waals surface area (Å²) in [5.74, 6) is 0.460. The van der Waals surface area contributed by atoms with E-state index in [0.29, 0.717) is 18.9 Å². The van der Waals surface area contributed by atoms with E-state index in [0.717, 1.165) is 17.5 Å². The Hall–Kier alpha value is -2.09. The molecule has 0 saturated carbocycles. The third-order valence-corrected chi connectivity index (χ3v) is 3.26. The lowest BCUT2D eigenvalue weighted by atomic mass is 10.0. The van der Waals surface area contributed by atoms with Gasteiger partial charge in [0.1, 0.15) is 6.61 Å². The van der Waals surface area contributed by atoms with Gasteiger partial charge in [0.25, 0.3) is 0 Å². The molecule has 0 aliphatic heterocycles. The lowest BCUT2D eigenvalue weighted by molar-refractivity contribution is -0.144. The van der Waals surface area contributed by atoms with Crippen LogP contribution in [0.1, 0.15) is 30.5 Å². The Bertz CT molecular complexity index is 556. The van der Waals surface area contributed by atoms with Gasteiger partial charge in [-0.25, -0.2) is 0 Å². The summed E-state index contributed by atoms with van der Waals surface area (Å²) in [4.78, 5) is 11.8. The summed E-state index contributed by atoms with van der Waals surface area (Å²) in [6, 6.07) is 18.0. The smallest absolute Gasteiger partial charge is 0.310 e. The predicted molar refractivity (Wildman–Crippen MR) is 84.9 cm³/mol. The van der Waals surface area contributed by atoms with Gasteiger partial charge in [0.15, 0.2) is 0 Å². The van der Waals surface area contributed by atoms with Crippen molar-refractivity contribution < 1.29 is 9.53 Å². The van der Waals surface area contributed by atoms with Gasteiger partial charge in [-0.05, 0) is 29.0 Å². The standard InChI is InChI=1S/C19H22O2/c1-15(2)12-16-8-10-17(11-9-16)13-19(20)21-14-18-6-4-3-5-7-18/h3-11,15H,12-14H2,1-2H3. The molecule has 0 aliphatic carbocycles. The van der Waals surface area contributed by atoms with Crippen LogP contribution in [0.15, 0.2) is 54.6 Å². The van der Waals surface area contributed by atoms with Gasteiger partial charge in [0.2, 0.25) is 0 Å². The fourth-order valence-corrected chi connectivity index (χ4v) is 2.22. The molecule has 0 atom stereocenters. The maximum atomic E-state index is 11.8. The summed E-state index contributed by atoms with van der Waals surface area (Å²) in [6.07, 6.45) is 1.40. The van der Waals surface area contributed by atoms with Gasteiger partial charge in [0, 0.05) is 0 Å². The molecule has 0 heterocycles. The van der Waals surface area contributed by atoms with E-state index in [9.17, 15) is 4.79 Å².